The zero-order valence-electron chi connectivity index (χ0n) is 30.5. The lowest BCUT2D eigenvalue weighted by Gasteiger charge is -2.50. The van der Waals surface area contributed by atoms with Gasteiger partial charge < -0.3 is 0 Å². The molecule has 1 spiro atoms. The molecule has 0 N–H and O–H groups in total. The first-order chi connectivity index (χ1) is 27.1. The van der Waals surface area contributed by atoms with Crippen LogP contribution < -0.4 is 9.13 Å². The largest absolute Gasteiger partial charge is 0.315 e. The molecule has 0 amide bonds. The SMILES string of the molecule is CC1(C)c2ccc[n+]3c2-n2c4c1cccc4c1ccc4c(c12)C31c2c(cccc2C4(c2ccccc2)c2ccccc2)-n2c3ccccc3c3ccc[n+]1c32. The minimum absolute atomic E-state index is 0.214. The predicted octanol–water partition coefficient (Wildman–Crippen LogP) is 9.72. The predicted molar refractivity (Wildman–Crippen MR) is 218 cm³/mol. The third-order valence-corrected chi connectivity index (χ3v) is 14.0. The van der Waals surface area contributed by atoms with Gasteiger partial charge in [-0.15, -0.1) is 0 Å². The van der Waals surface area contributed by atoms with E-state index in [1.807, 2.05) is 0 Å². The van der Waals surface area contributed by atoms with Crippen LogP contribution in [0, 0.1) is 0 Å². The van der Waals surface area contributed by atoms with Gasteiger partial charge in [-0.25, -0.2) is 0 Å². The summed E-state index contributed by atoms with van der Waals surface area (Å²) in [7, 11) is 0. The van der Waals surface area contributed by atoms with Crippen molar-refractivity contribution in [3.8, 4) is 11.5 Å². The summed E-state index contributed by atoms with van der Waals surface area (Å²) in [5, 5.41) is 5.16. The molecule has 55 heavy (non-hydrogen) atoms. The lowest BCUT2D eigenvalue weighted by molar-refractivity contribution is -0.961. The lowest BCUT2D eigenvalue weighted by Crippen LogP contribution is -2.80. The van der Waals surface area contributed by atoms with E-state index in [-0.39, 0.29) is 5.41 Å². The van der Waals surface area contributed by atoms with Gasteiger partial charge in [0.1, 0.15) is 27.8 Å². The topological polar surface area (TPSA) is 17.6 Å². The van der Waals surface area contributed by atoms with E-state index in [2.05, 4.69) is 202 Å². The Morgan fingerprint density at radius 3 is 1.87 bits per heavy atom. The Hall–Kier alpha value is -6.78. The highest BCUT2D eigenvalue weighted by Gasteiger charge is 2.68. The van der Waals surface area contributed by atoms with Crippen LogP contribution in [0.4, 0.5) is 0 Å². The monoisotopic (exact) mass is 702 g/mol. The van der Waals surface area contributed by atoms with Gasteiger partial charge in [-0.1, -0.05) is 117 Å². The van der Waals surface area contributed by atoms with E-state index in [4.69, 9.17) is 0 Å². The number of pyridine rings is 2. The van der Waals surface area contributed by atoms with Crippen LogP contribution in [0.2, 0.25) is 0 Å². The molecule has 0 saturated carbocycles. The Balaban J connectivity index is 1.36. The number of fused-ring (bicyclic) bond motifs is 5. The molecule has 7 heterocycles. The number of aromatic nitrogens is 4. The molecular formula is C51H34N4+2. The van der Waals surface area contributed by atoms with Crippen LogP contribution in [0.3, 0.4) is 0 Å². The number of para-hydroxylation sites is 2. The van der Waals surface area contributed by atoms with Crippen LogP contribution in [0.1, 0.15) is 58.4 Å². The molecule has 1 aliphatic carbocycles. The molecule has 0 bridgehead atoms. The second-order valence-corrected chi connectivity index (χ2v) is 16.5. The third-order valence-electron chi connectivity index (χ3n) is 14.0. The number of rotatable bonds is 2. The highest BCUT2D eigenvalue weighted by Crippen LogP contribution is 2.61. The van der Waals surface area contributed by atoms with Gasteiger partial charge in [0.25, 0.3) is 11.5 Å². The third kappa shape index (κ3) is 2.81. The molecule has 4 aliphatic rings. The Labute approximate surface area is 317 Å². The van der Waals surface area contributed by atoms with E-state index in [1.165, 1.54) is 99.8 Å². The van der Waals surface area contributed by atoms with Crippen molar-refractivity contribution in [1.82, 2.24) is 9.13 Å². The van der Waals surface area contributed by atoms with Gasteiger partial charge in [-0.2, -0.15) is 18.3 Å². The van der Waals surface area contributed by atoms with Gasteiger partial charge in [0.2, 0.25) is 0 Å². The smallest absolute Gasteiger partial charge is 0.191 e. The summed E-state index contributed by atoms with van der Waals surface area (Å²) >= 11 is 0. The molecule has 14 rings (SSSR count). The summed E-state index contributed by atoms with van der Waals surface area (Å²) in [6, 6.07) is 59.9. The van der Waals surface area contributed by atoms with E-state index < -0.39 is 11.1 Å². The van der Waals surface area contributed by atoms with Crippen molar-refractivity contribution in [3.05, 3.63) is 215 Å². The Morgan fingerprint density at radius 2 is 1.05 bits per heavy atom. The maximum absolute atomic E-state index is 2.67. The molecule has 0 saturated heterocycles. The normalized spacial score (nSPS) is 18.4. The van der Waals surface area contributed by atoms with Crippen molar-refractivity contribution < 1.29 is 9.13 Å². The molecule has 4 heteroatoms. The average Bonchev–Trinajstić information content (AvgIpc) is 3.76. The van der Waals surface area contributed by atoms with Gasteiger partial charge >= 0.3 is 5.66 Å². The molecule has 6 aromatic carbocycles. The highest BCUT2D eigenvalue weighted by atomic mass is 15.4. The first kappa shape index (κ1) is 28.7. The zero-order valence-corrected chi connectivity index (χ0v) is 30.5. The first-order valence-corrected chi connectivity index (χ1v) is 19.5. The molecule has 4 nitrogen and oxygen atoms in total. The number of hydrogen-bond donors (Lipinski definition) is 0. The van der Waals surface area contributed by atoms with Crippen molar-refractivity contribution in [2.75, 3.05) is 0 Å². The summed E-state index contributed by atoms with van der Waals surface area (Å²) in [6.45, 7) is 4.83. The Morgan fingerprint density at radius 1 is 0.436 bits per heavy atom. The fourth-order valence-corrected chi connectivity index (χ4v) is 12.1. The first-order valence-electron chi connectivity index (χ1n) is 19.5. The maximum Gasteiger partial charge on any atom is 0.315 e. The number of benzene rings is 6. The fraction of sp³-hybridized carbons (Fsp3) is 0.0980. The number of nitrogens with zero attached hydrogens (tertiary/aromatic N) is 4. The molecule has 10 aromatic rings. The maximum atomic E-state index is 2.67. The quantitative estimate of drug-likeness (QED) is 0.160. The Bertz CT molecular complexity index is 3360. The van der Waals surface area contributed by atoms with E-state index in [9.17, 15) is 0 Å². The van der Waals surface area contributed by atoms with Crippen molar-refractivity contribution in [3.63, 3.8) is 0 Å². The summed E-state index contributed by atoms with van der Waals surface area (Å²) in [5.41, 5.74) is 15.3. The molecule has 0 fully saturated rings. The van der Waals surface area contributed by atoms with Crippen LogP contribution in [0.5, 0.6) is 0 Å². The molecule has 1 atom stereocenters. The summed E-state index contributed by atoms with van der Waals surface area (Å²) in [6.07, 6.45) is 4.74. The average molecular weight is 703 g/mol. The fourth-order valence-electron chi connectivity index (χ4n) is 12.1. The van der Waals surface area contributed by atoms with Gasteiger partial charge in [0, 0.05) is 27.1 Å². The van der Waals surface area contributed by atoms with Crippen LogP contribution in [0.15, 0.2) is 170 Å². The zero-order chi connectivity index (χ0) is 36.0. The summed E-state index contributed by atoms with van der Waals surface area (Å²) in [4.78, 5) is 0. The molecule has 3 aliphatic heterocycles. The Kier molecular flexibility index (Phi) is 4.75. The van der Waals surface area contributed by atoms with Crippen LogP contribution in [-0.4, -0.2) is 9.13 Å². The van der Waals surface area contributed by atoms with Crippen molar-refractivity contribution >= 4 is 43.7 Å². The number of hydrogen-bond acceptors (Lipinski definition) is 0. The van der Waals surface area contributed by atoms with E-state index in [0.29, 0.717) is 0 Å². The van der Waals surface area contributed by atoms with Gasteiger partial charge in [0.05, 0.1) is 28.8 Å². The molecule has 256 valence electrons. The van der Waals surface area contributed by atoms with E-state index in [1.54, 1.807) is 0 Å². The summed E-state index contributed by atoms with van der Waals surface area (Å²) in [5.74, 6) is 1.26. The molecule has 0 radical (unpaired) electrons. The lowest BCUT2D eigenvalue weighted by atomic mass is 9.56. The molecule has 4 aromatic heterocycles. The van der Waals surface area contributed by atoms with Crippen LogP contribution in [0.25, 0.3) is 55.2 Å². The van der Waals surface area contributed by atoms with E-state index >= 15 is 0 Å². The van der Waals surface area contributed by atoms with Gasteiger partial charge in [0.15, 0.2) is 5.52 Å². The second kappa shape index (κ2) is 9.11. The highest BCUT2D eigenvalue weighted by molar-refractivity contribution is 6.14. The van der Waals surface area contributed by atoms with Gasteiger partial charge in [-0.3, -0.25) is 0 Å². The second-order valence-electron chi connectivity index (χ2n) is 16.5. The minimum Gasteiger partial charge on any atom is -0.191 e. The molecule has 1 unspecified atom stereocenters. The van der Waals surface area contributed by atoms with E-state index in [0.717, 1.165) is 0 Å². The van der Waals surface area contributed by atoms with Crippen molar-refractivity contribution in [2.45, 2.75) is 30.3 Å². The minimum atomic E-state index is -0.749. The molecular weight excluding hydrogens is 669 g/mol. The summed E-state index contributed by atoms with van der Waals surface area (Å²) < 4.78 is 10.5. The van der Waals surface area contributed by atoms with Crippen molar-refractivity contribution in [1.29, 1.82) is 0 Å². The van der Waals surface area contributed by atoms with Gasteiger partial charge in [-0.05, 0) is 76.9 Å². The van der Waals surface area contributed by atoms with Crippen LogP contribution in [-0.2, 0) is 16.5 Å². The van der Waals surface area contributed by atoms with Crippen molar-refractivity contribution in [2.24, 2.45) is 0 Å². The standard InChI is InChI=1S/C51H34N4/c1-49(2)39-23-11-20-34-35-27-28-38-44-46(35)55(45(34)39)48-40(49)24-14-30-53(48)51(44)43-37(50(38,31-15-5-3-6-16-31)32-17-7-4-8-18-32)22-12-26-42(43)54-41-25-10-9-19-33(41)36-21-13-29-52(51)47(36)54/h3-30H,1-2H3/q+2. The van der Waals surface area contributed by atoms with Crippen LogP contribution >= 0.6 is 0 Å².